The Labute approximate surface area is 274 Å². The van der Waals surface area contributed by atoms with Crippen molar-refractivity contribution in [3.05, 3.63) is 167 Å². The van der Waals surface area contributed by atoms with Crippen molar-refractivity contribution in [2.24, 2.45) is 0 Å². The monoisotopic (exact) mass is 607 g/mol. The van der Waals surface area contributed by atoms with Gasteiger partial charge in [0.05, 0.1) is 0 Å². The molecule has 7 aromatic rings. The summed E-state index contributed by atoms with van der Waals surface area (Å²) < 4.78 is 1.36. The molecule has 0 fully saturated rings. The van der Waals surface area contributed by atoms with Gasteiger partial charge in [-0.1, -0.05) is 111 Å². The van der Waals surface area contributed by atoms with E-state index >= 15 is 0 Å². The van der Waals surface area contributed by atoms with Crippen molar-refractivity contribution in [3.8, 4) is 33.4 Å². The number of hydrogen-bond donors (Lipinski definition) is 0. The van der Waals surface area contributed by atoms with Gasteiger partial charge in [-0.15, -0.1) is 11.3 Å². The Bertz CT molecular complexity index is 2300. The molecule has 0 unspecified atom stereocenters. The van der Waals surface area contributed by atoms with Gasteiger partial charge >= 0.3 is 0 Å². The highest BCUT2D eigenvalue weighted by atomic mass is 32.1. The van der Waals surface area contributed by atoms with Crippen LogP contribution in [0.3, 0.4) is 0 Å². The number of benzene rings is 6. The summed E-state index contributed by atoms with van der Waals surface area (Å²) in [5, 5.41) is 1.37. The predicted octanol–water partition coefficient (Wildman–Crippen LogP) is 12.6. The van der Waals surface area contributed by atoms with Gasteiger partial charge in [-0.05, 0) is 116 Å². The summed E-state index contributed by atoms with van der Waals surface area (Å²) in [4.78, 5) is 3.84. The van der Waals surface area contributed by atoms with Crippen molar-refractivity contribution in [2.75, 3.05) is 4.90 Å². The van der Waals surface area contributed by atoms with Gasteiger partial charge in [-0.2, -0.15) is 0 Å². The van der Waals surface area contributed by atoms with Crippen LogP contribution in [0.2, 0.25) is 0 Å². The van der Waals surface area contributed by atoms with E-state index in [1.807, 2.05) is 11.3 Å². The molecule has 1 aromatic heterocycles. The highest BCUT2D eigenvalue weighted by Crippen LogP contribution is 2.51. The van der Waals surface area contributed by atoms with E-state index in [1.54, 1.807) is 0 Å². The van der Waals surface area contributed by atoms with Gasteiger partial charge in [0.15, 0.2) is 0 Å². The summed E-state index contributed by atoms with van der Waals surface area (Å²) in [7, 11) is 0. The van der Waals surface area contributed by atoms with Gasteiger partial charge in [0.1, 0.15) is 0 Å². The third-order valence-electron chi connectivity index (χ3n) is 9.91. The van der Waals surface area contributed by atoms with E-state index in [1.165, 1.54) is 76.4 Å². The standard InChI is InChI=1S/C44H33NS/c1-44(2)40-16-7-6-14-36(40)37-24-22-35(28-41(37)44)45(34-23-25-43-39(27-34)38-15-9-17-42(38)46-43)33-20-18-30(19-21-33)32-13-8-12-31(26-32)29-10-4-3-5-11-29/h3-14,16-28H,15H2,1-2H3. The maximum atomic E-state index is 2.44. The number of hydrogen-bond acceptors (Lipinski definition) is 2. The van der Waals surface area contributed by atoms with Gasteiger partial charge < -0.3 is 4.90 Å². The number of thiophene rings is 1. The lowest BCUT2D eigenvalue weighted by Crippen LogP contribution is -2.16. The Kier molecular flexibility index (Phi) is 6.16. The van der Waals surface area contributed by atoms with Gasteiger partial charge in [-0.3, -0.25) is 0 Å². The van der Waals surface area contributed by atoms with E-state index < -0.39 is 0 Å². The molecule has 0 spiro atoms. The van der Waals surface area contributed by atoms with Crippen LogP contribution in [0.5, 0.6) is 0 Å². The maximum absolute atomic E-state index is 2.44. The van der Waals surface area contributed by atoms with E-state index in [4.69, 9.17) is 0 Å². The minimum atomic E-state index is -0.0644. The summed E-state index contributed by atoms with van der Waals surface area (Å²) in [6.45, 7) is 4.72. The molecule has 0 radical (unpaired) electrons. The molecule has 0 atom stereocenters. The highest BCUT2D eigenvalue weighted by Gasteiger charge is 2.35. The molecule has 1 heterocycles. The smallest absolute Gasteiger partial charge is 0.0468 e. The molecule has 2 heteroatoms. The number of rotatable bonds is 5. The zero-order chi connectivity index (χ0) is 30.8. The van der Waals surface area contributed by atoms with Crippen LogP contribution in [0.4, 0.5) is 17.1 Å². The second-order valence-corrected chi connectivity index (χ2v) is 14.0. The van der Waals surface area contributed by atoms with E-state index in [0.717, 1.165) is 12.1 Å². The first-order valence-corrected chi connectivity index (χ1v) is 16.9. The topological polar surface area (TPSA) is 3.24 Å². The normalized spacial score (nSPS) is 13.9. The molecular weight excluding hydrogens is 575 g/mol. The summed E-state index contributed by atoms with van der Waals surface area (Å²) in [6.07, 6.45) is 5.58. The van der Waals surface area contributed by atoms with Crippen LogP contribution in [-0.4, -0.2) is 0 Å². The summed E-state index contributed by atoms with van der Waals surface area (Å²) >= 11 is 1.90. The SMILES string of the molecule is CC1(C)c2ccccc2-c2ccc(N(c3ccc(-c4cccc(-c5ccccc5)c4)cc3)c3ccc4sc5c(c4c3)CC=C5)cc21. The lowest BCUT2D eigenvalue weighted by Gasteiger charge is -2.28. The molecule has 0 aliphatic heterocycles. The number of fused-ring (bicyclic) bond motifs is 6. The average molecular weight is 608 g/mol. The molecule has 2 aliphatic carbocycles. The van der Waals surface area contributed by atoms with Gasteiger partial charge in [0, 0.05) is 32.1 Å². The Morgan fingerprint density at radius 2 is 1.20 bits per heavy atom. The molecule has 46 heavy (non-hydrogen) atoms. The third kappa shape index (κ3) is 4.29. The molecule has 0 saturated carbocycles. The van der Waals surface area contributed by atoms with Crippen molar-refractivity contribution in [3.63, 3.8) is 0 Å². The van der Waals surface area contributed by atoms with Crippen molar-refractivity contribution in [2.45, 2.75) is 25.7 Å². The highest BCUT2D eigenvalue weighted by molar-refractivity contribution is 7.20. The Morgan fingerprint density at radius 1 is 0.543 bits per heavy atom. The second kappa shape index (κ2) is 10.4. The molecule has 220 valence electrons. The van der Waals surface area contributed by atoms with Gasteiger partial charge in [-0.25, -0.2) is 0 Å². The van der Waals surface area contributed by atoms with Crippen molar-refractivity contribution in [1.82, 2.24) is 0 Å². The minimum Gasteiger partial charge on any atom is -0.310 e. The zero-order valence-electron chi connectivity index (χ0n) is 26.0. The minimum absolute atomic E-state index is 0.0644. The van der Waals surface area contributed by atoms with Crippen LogP contribution in [0.25, 0.3) is 49.5 Å². The van der Waals surface area contributed by atoms with Crippen molar-refractivity contribution < 1.29 is 0 Å². The maximum Gasteiger partial charge on any atom is 0.0468 e. The van der Waals surface area contributed by atoms with Crippen LogP contribution in [0.15, 0.2) is 146 Å². The van der Waals surface area contributed by atoms with E-state index in [2.05, 4.69) is 170 Å². The van der Waals surface area contributed by atoms with E-state index in [-0.39, 0.29) is 5.41 Å². The molecule has 0 N–H and O–H groups in total. The molecule has 0 saturated heterocycles. The second-order valence-electron chi connectivity index (χ2n) is 13.0. The summed E-state index contributed by atoms with van der Waals surface area (Å²) in [5.74, 6) is 0. The van der Waals surface area contributed by atoms with Gasteiger partial charge in [0.25, 0.3) is 0 Å². The molecule has 6 aromatic carbocycles. The fourth-order valence-corrected chi connectivity index (χ4v) is 8.66. The lowest BCUT2D eigenvalue weighted by molar-refractivity contribution is 0.660. The Hall–Kier alpha value is -5.18. The zero-order valence-corrected chi connectivity index (χ0v) is 26.8. The van der Waals surface area contributed by atoms with Gasteiger partial charge in [0.2, 0.25) is 0 Å². The quantitative estimate of drug-likeness (QED) is 0.188. The summed E-state index contributed by atoms with van der Waals surface area (Å²) in [6, 6.07) is 51.5. The predicted molar refractivity (Wildman–Crippen MR) is 198 cm³/mol. The Balaban J connectivity index is 1.16. The number of anilines is 3. The first-order valence-electron chi connectivity index (χ1n) is 16.1. The number of allylic oxidation sites excluding steroid dienone is 1. The van der Waals surface area contributed by atoms with Crippen LogP contribution in [-0.2, 0) is 11.8 Å². The van der Waals surface area contributed by atoms with Crippen LogP contribution in [0, 0.1) is 0 Å². The van der Waals surface area contributed by atoms with Crippen molar-refractivity contribution in [1.29, 1.82) is 0 Å². The summed E-state index contributed by atoms with van der Waals surface area (Å²) in [5.41, 5.74) is 15.3. The van der Waals surface area contributed by atoms with E-state index in [9.17, 15) is 0 Å². The molecular formula is C44H33NS. The molecule has 1 nitrogen and oxygen atoms in total. The van der Waals surface area contributed by atoms with E-state index in [0.29, 0.717) is 0 Å². The molecule has 9 rings (SSSR count). The fourth-order valence-electron chi connectivity index (χ4n) is 7.51. The average Bonchev–Trinajstić information content (AvgIpc) is 3.77. The third-order valence-corrected chi connectivity index (χ3v) is 11.1. The van der Waals surface area contributed by atoms with Crippen LogP contribution < -0.4 is 4.90 Å². The van der Waals surface area contributed by atoms with Crippen molar-refractivity contribution >= 4 is 44.6 Å². The lowest BCUT2D eigenvalue weighted by atomic mass is 9.82. The van der Waals surface area contributed by atoms with Crippen LogP contribution in [0.1, 0.15) is 35.4 Å². The first-order chi connectivity index (χ1) is 22.5. The fraction of sp³-hybridized carbons (Fsp3) is 0.0909. The Morgan fingerprint density at radius 3 is 2.02 bits per heavy atom. The van der Waals surface area contributed by atoms with Crippen LogP contribution >= 0.6 is 11.3 Å². The molecule has 0 bridgehead atoms. The largest absolute Gasteiger partial charge is 0.310 e. The molecule has 0 amide bonds. The molecule has 2 aliphatic rings. The first kappa shape index (κ1) is 27.2. The number of nitrogens with zero attached hydrogens (tertiary/aromatic N) is 1.